The Labute approximate surface area is 149 Å². The van der Waals surface area contributed by atoms with Crippen LogP contribution in [0.1, 0.15) is 29.6 Å². The van der Waals surface area contributed by atoms with Gasteiger partial charge in [0.1, 0.15) is 0 Å². The molecule has 0 saturated carbocycles. The van der Waals surface area contributed by atoms with E-state index in [1.165, 1.54) is 16.0 Å². The molecule has 0 fully saturated rings. The first-order chi connectivity index (χ1) is 11.7. The molecule has 1 N–H and O–H groups in total. The number of thioether (sulfide) groups is 1. The number of tetrazole rings is 1. The lowest BCUT2D eigenvalue weighted by atomic mass is 9.93. The largest absolute Gasteiger partial charge is 0.346 e. The van der Waals surface area contributed by atoms with Gasteiger partial charge >= 0.3 is 0 Å². The van der Waals surface area contributed by atoms with E-state index in [1.807, 2.05) is 28.9 Å². The minimum absolute atomic E-state index is 0.104. The molecule has 0 aliphatic carbocycles. The van der Waals surface area contributed by atoms with E-state index in [4.69, 9.17) is 11.6 Å². The monoisotopic (exact) mass is 357 g/mol. The summed E-state index contributed by atoms with van der Waals surface area (Å²) in [6, 6.07) is 16.8. The highest BCUT2D eigenvalue weighted by Gasteiger charge is 2.30. The first-order valence-corrected chi connectivity index (χ1v) is 9.28. The van der Waals surface area contributed by atoms with E-state index in [2.05, 4.69) is 51.4 Å². The van der Waals surface area contributed by atoms with Gasteiger partial charge in [-0.1, -0.05) is 41.0 Å². The first-order valence-electron chi connectivity index (χ1n) is 7.68. The normalized spacial score (nSPS) is 19.6. The summed E-state index contributed by atoms with van der Waals surface area (Å²) in [5.74, 6) is 0.695. The van der Waals surface area contributed by atoms with Gasteiger partial charge in [-0.25, -0.2) is 4.68 Å². The number of nitrogens with one attached hydrogen (secondary N) is 1. The minimum atomic E-state index is 0.104. The van der Waals surface area contributed by atoms with E-state index in [0.717, 1.165) is 11.4 Å². The fourth-order valence-corrected chi connectivity index (χ4v) is 3.59. The van der Waals surface area contributed by atoms with Crippen molar-refractivity contribution in [2.75, 3.05) is 11.6 Å². The number of benzene rings is 2. The topological polar surface area (TPSA) is 55.6 Å². The van der Waals surface area contributed by atoms with Crippen molar-refractivity contribution in [3.63, 3.8) is 0 Å². The molecule has 0 amide bonds. The zero-order chi connectivity index (χ0) is 16.5. The molecule has 0 saturated heterocycles. The van der Waals surface area contributed by atoms with Crippen molar-refractivity contribution in [2.45, 2.75) is 23.4 Å². The average molecular weight is 358 g/mol. The van der Waals surface area contributed by atoms with Gasteiger partial charge in [0.05, 0.1) is 12.1 Å². The Morgan fingerprint density at radius 2 is 1.79 bits per heavy atom. The maximum Gasteiger partial charge on any atom is 0.243 e. The van der Waals surface area contributed by atoms with Crippen LogP contribution < -0.4 is 5.32 Å². The molecule has 1 aromatic heterocycles. The summed E-state index contributed by atoms with van der Waals surface area (Å²) in [6.45, 7) is 0. The third kappa shape index (κ3) is 2.87. The maximum absolute atomic E-state index is 6.01. The molecule has 2 heterocycles. The standard InChI is InChI=1S/C17H16ClN5S/c1-24-14-8-4-12(5-9-14)16-10-15(11-2-6-13(18)7-3-11)19-17-20-21-22-23(16)17/h2-9,15-16H,10H2,1H3,(H,19,20,22)/t15-,16-/m0/s1. The number of hydrogen-bond donors (Lipinski definition) is 1. The second-order valence-corrected chi connectivity index (χ2v) is 7.04. The van der Waals surface area contributed by atoms with Crippen LogP contribution in [0.2, 0.25) is 5.02 Å². The fourth-order valence-electron chi connectivity index (χ4n) is 3.05. The predicted octanol–water partition coefficient (Wildman–Crippen LogP) is 4.19. The number of fused-ring (bicyclic) bond motifs is 1. The summed E-state index contributed by atoms with van der Waals surface area (Å²) >= 11 is 7.75. The van der Waals surface area contributed by atoms with E-state index >= 15 is 0 Å². The first kappa shape index (κ1) is 15.5. The molecule has 2 aromatic carbocycles. The lowest BCUT2D eigenvalue weighted by Crippen LogP contribution is -2.28. The maximum atomic E-state index is 6.01. The Morgan fingerprint density at radius 1 is 1.08 bits per heavy atom. The van der Waals surface area contributed by atoms with E-state index < -0.39 is 0 Å². The second kappa shape index (κ2) is 6.45. The molecule has 0 spiro atoms. The quantitative estimate of drug-likeness (QED) is 0.712. The van der Waals surface area contributed by atoms with E-state index in [1.54, 1.807) is 11.8 Å². The van der Waals surface area contributed by atoms with E-state index in [-0.39, 0.29) is 12.1 Å². The lowest BCUT2D eigenvalue weighted by molar-refractivity contribution is 0.423. The molecule has 0 unspecified atom stereocenters. The van der Waals surface area contributed by atoms with Crippen molar-refractivity contribution in [3.8, 4) is 0 Å². The molecule has 122 valence electrons. The average Bonchev–Trinajstić information content (AvgIpc) is 3.10. The van der Waals surface area contributed by atoms with Crippen LogP contribution in [0.5, 0.6) is 0 Å². The molecule has 7 heteroatoms. The van der Waals surface area contributed by atoms with Gasteiger partial charge in [0, 0.05) is 9.92 Å². The Bertz CT molecular complexity index is 831. The van der Waals surface area contributed by atoms with Crippen molar-refractivity contribution < 1.29 is 0 Å². The van der Waals surface area contributed by atoms with Gasteiger partial charge in [-0.2, -0.15) is 0 Å². The molecule has 3 aromatic rings. The van der Waals surface area contributed by atoms with Crippen LogP contribution in [0.4, 0.5) is 5.95 Å². The van der Waals surface area contributed by atoms with Crippen molar-refractivity contribution in [3.05, 3.63) is 64.7 Å². The van der Waals surface area contributed by atoms with Crippen molar-refractivity contribution in [1.82, 2.24) is 20.2 Å². The Kier molecular flexibility index (Phi) is 4.16. The van der Waals surface area contributed by atoms with Crippen LogP contribution in [0.3, 0.4) is 0 Å². The molecule has 5 nitrogen and oxygen atoms in total. The van der Waals surface area contributed by atoms with Crippen LogP contribution in [0.25, 0.3) is 0 Å². The molecular weight excluding hydrogens is 342 g/mol. The van der Waals surface area contributed by atoms with Gasteiger partial charge in [-0.15, -0.1) is 11.8 Å². The van der Waals surface area contributed by atoms with E-state index in [9.17, 15) is 0 Å². The number of halogens is 1. The molecule has 0 radical (unpaired) electrons. The van der Waals surface area contributed by atoms with E-state index in [0.29, 0.717) is 5.95 Å². The second-order valence-electron chi connectivity index (χ2n) is 5.72. The Morgan fingerprint density at radius 3 is 2.50 bits per heavy atom. The molecular formula is C17H16ClN5S. The van der Waals surface area contributed by atoms with Crippen LogP contribution in [0, 0.1) is 0 Å². The number of rotatable bonds is 3. The zero-order valence-corrected chi connectivity index (χ0v) is 14.6. The summed E-state index contributed by atoms with van der Waals surface area (Å²) in [4.78, 5) is 1.25. The summed E-state index contributed by atoms with van der Waals surface area (Å²) in [6.07, 6.45) is 2.95. The van der Waals surface area contributed by atoms with Gasteiger partial charge < -0.3 is 5.32 Å². The summed E-state index contributed by atoms with van der Waals surface area (Å²) in [5, 5.41) is 16.3. The smallest absolute Gasteiger partial charge is 0.243 e. The van der Waals surface area contributed by atoms with Gasteiger partial charge in [0.15, 0.2) is 0 Å². The fraction of sp³-hybridized carbons (Fsp3) is 0.235. The summed E-state index contributed by atoms with van der Waals surface area (Å²) in [5.41, 5.74) is 2.39. The highest BCUT2D eigenvalue weighted by Crippen LogP contribution is 2.37. The number of hydrogen-bond acceptors (Lipinski definition) is 5. The number of nitrogens with zero attached hydrogens (tertiary/aromatic N) is 4. The molecule has 24 heavy (non-hydrogen) atoms. The van der Waals surface area contributed by atoms with Crippen molar-refractivity contribution >= 4 is 29.3 Å². The summed E-state index contributed by atoms with van der Waals surface area (Å²) in [7, 11) is 0. The minimum Gasteiger partial charge on any atom is -0.346 e. The lowest BCUT2D eigenvalue weighted by Gasteiger charge is -2.31. The molecule has 1 aliphatic rings. The Hall–Kier alpha value is -2.05. The van der Waals surface area contributed by atoms with Gasteiger partial charge in [-0.05, 0) is 58.5 Å². The third-order valence-electron chi connectivity index (χ3n) is 4.32. The van der Waals surface area contributed by atoms with Gasteiger partial charge in [0.2, 0.25) is 5.95 Å². The summed E-state index contributed by atoms with van der Waals surface area (Å²) < 4.78 is 1.86. The molecule has 0 bridgehead atoms. The van der Waals surface area contributed by atoms with Crippen molar-refractivity contribution in [2.24, 2.45) is 0 Å². The van der Waals surface area contributed by atoms with Crippen molar-refractivity contribution in [1.29, 1.82) is 0 Å². The third-order valence-corrected chi connectivity index (χ3v) is 5.32. The highest BCUT2D eigenvalue weighted by atomic mass is 35.5. The highest BCUT2D eigenvalue weighted by molar-refractivity contribution is 7.98. The van der Waals surface area contributed by atoms with Crippen LogP contribution >= 0.6 is 23.4 Å². The predicted molar refractivity (Wildman–Crippen MR) is 96.6 cm³/mol. The molecule has 4 rings (SSSR count). The van der Waals surface area contributed by atoms with Gasteiger partial charge in [0.25, 0.3) is 0 Å². The Balaban J connectivity index is 1.69. The number of aromatic nitrogens is 4. The molecule has 1 aliphatic heterocycles. The van der Waals surface area contributed by atoms with Crippen LogP contribution in [-0.2, 0) is 0 Å². The SMILES string of the molecule is CSc1ccc([C@@H]2C[C@@H](c3ccc(Cl)cc3)Nc3nnnn32)cc1. The number of anilines is 1. The van der Waals surface area contributed by atoms with Gasteiger partial charge in [-0.3, -0.25) is 0 Å². The van der Waals surface area contributed by atoms with Crippen LogP contribution in [-0.4, -0.2) is 26.5 Å². The zero-order valence-electron chi connectivity index (χ0n) is 13.1. The van der Waals surface area contributed by atoms with Crippen LogP contribution in [0.15, 0.2) is 53.4 Å². The molecule has 2 atom stereocenters.